The van der Waals surface area contributed by atoms with Crippen LogP contribution in [-0.2, 0) is 10.0 Å². The molecule has 2 N–H and O–H groups in total. The van der Waals surface area contributed by atoms with E-state index in [4.69, 9.17) is 4.74 Å². The molecule has 32 heavy (non-hydrogen) atoms. The van der Waals surface area contributed by atoms with E-state index >= 15 is 0 Å². The maximum absolute atomic E-state index is 13.0. The summed E-state index contributed by atoms with van der Waals surface area (Å²) in [5, 5.41) is 11.5. The molecule has 1 heterocycles. The van der Waals surface area contributed by atoms with Crippen molar-refractivity contribution >= 4 is 21.6 Å². The standard InChI is InChI=1S/C22H25N5O4S/c1-13-5-9-19(14(2)11-13)27-24-15(3)21(25-27)22(28)23-18-12-17(8-10-20(18)31-4)32(29,30)26-16-6-7-16/h5,8-12,16,26H,6-7H2,1-4H3,(H,23,28). The van der Waals surface area contributed by atoms with Crippen LogP contribution < -0.4 is 14.8 Å². The molecule has 1 aromatic heterocycles. The summed E-state index contributed by atoms with van der Waals surface area (Å²) in [5.74, 6) is -0.176. The van der Waals surface area contributed by atoms with Crippen LogP contribution in [0.2, 0.25) is 0 Å². The van der Waals surface area contributed by atoms with Crippen LogP contribution in [-0.4, -0.2) is 42.5 Å². The molecule has 2 aromatic carbocycles. The largest absolute Gasteiger partial charge is 0.495 e. The number of benzene rings is 2. The number of sulfonamides is 1. The number of anilines is 1. The fourth-order valence-corrected chi connectivity index (χ4v) is 4.68. The highest BCUT2D eigenvalue weighted by Gasteiger charge is 2.28. The number of aromatic nitrogens is 3. The fourth-order valence-electron chi connectivity index (χ4n) is 3.35. The topological polar surface area (TPSA) is 115 Å². The first-order valence-corrected chi connectivity index (χ1v) is 11.7. The maximum atomic E-state index is 13.0. The third-order valence-electron chi connectivity index (χ3n) is 5.19. The van der Waals surface area contributed by atoms with Gasteiger partial charge in [0.25, 0.3) is 5.91 Å². The van der Waals surface area contributed by atoms with Crippen LogP contribution >= 0.6 is 0 Å². The normalized spacial score (nSPS) is 13.8. The molecule has 4 rings (SSSR count). The van der Waals surface area contributed by atoms with Gasteiger partial charge in [0.1, 0.15) is 5.75 Å². The van der Waals surface area contributed by atoms with Crippen molar-refractivity contribution in [1.82, 2.24) is 19.7 Å². The van der Waals surface area contributed by atoms with E-state index < -0.39 is 15.9 Å². The summed E-state index contributed by atoms with van der Waals surface area (Å²) in [4.78, 5) is 14.5. The van der Waals surface area contributed by atoms with Crippen LogP contribution in [0.5, 0.6) is 5.75 Å². The van der Waals surface area contributed by atoms with Gasteiger partial charge in [-0.25, -0.2) is 13.1 Å². The van der Waals surface area contributed by atoms with E-state index in [9.17, 15) is 13.2 Å². The molecule has 0 spiro atoms. The number of carbonyl (C=O) groups excluding carboxylic acids is 1. The quantitative estimate of drug-likeness (QED) is 0.566. The van der Waals surface area contributed by atoms with Crippen LogP contribution in [0.1, 0.15) is 40.2 Å². The van der Waals surface area contributed by atoms with E-state index in [0.29, 0.717) is 11.4 Å². The fraction of sp³-hybridized carbons (Fsp3) is 0.318. The Morgan fingerprint density at radius 3 is 2.50 bits per heavy atom. The summed E-state index contributed by atoms with van der Waals surface area (Å²) < 4.78 is 33.1. The summed E-state index contributed by atoms with van der Waals surface area (Å²) in [6.07, 6.45) is 1.66. The minimum Gasteiger partial charge on any atom is -0.495 e. The van der Waals surface area contributed by atoms with Crippen molar-refractivity contribution in [2.75, 3.05) is 12.4 Å². The van der Waals surface area contributed by atoms with Gasteiger partial charge in [0, 0.05) is 6.04 Å². The molecule has 3 aromatic rings. The van der Waals surface area contributed by atoms with Crippen molar-refractivity contribution in [2.45, 2.75) is 44.6 Å². The van der Waals surface area contributed by atoms with Gasteiger partial charge in [-0.3, -0.25) is 4.79 Å². The molecule has 10 heteroatoms. The first-order valence-electron chi connectivity index (χ1n) is 10.2. The van der Waals surface area contributed by atoms with Crippen LogP contribution in [0.15, 0.2) is 41.3 Å². The number of amides is 1. The van der Waals surface area contributed by atoms with Crippen molar-refractivity contribution in [3.63, 3.8) is 0 Å². The molecule has 0 unspecified atom stereocenters. The van der Waals surface area contributed by atoms with Gasteiger partial charge >= 0.3 is 0 Å². The molecule has 0 saturated heterocycles. The number of rotatable bonds is 7. The van der Waals surface area contributed by atoms with Crippen LogP contribution in [0, 0.1) is 20.8 Å². The molecule has 0 aliphatic heterocycles. The number of hydrogen-bond donors (Lipinski definition) is 2. The van der Waals surface area contributed by atoms with Gasteiger partial charge in [0.2, 0.25) is 10.0 Å². The first kappa shape index (κ1) is 22.0. The molecular formula is C22H25N5O4S. The number of nitrogens with one attached hydrogen (secondary N) is 2. The Labute approximate surface area is 186 Å². The predicted octanol–water partition coefficient (Wildman–Crippen LogP) is 2.89. The van der Waals surface area contributed by atoms with Crippen LogP contribution in [0.25, 0.3) is 5.69 Å². The van der Waals surface area contributed by atoms with Crippen LogP contribution in [0.4, 0.5) is 5.69 Å². The summed E-state index contributed by atoms with van der Waals surface area (Å²) in [6.45, 7) is 5.64. The molecule has 1 aliphatic rings. The number of nitrogens with zero attached hydrogens (tertiary/aromatic N) is 3. The molecule has 0 bridgehead atoms. The van der Waals surface area contributed by atoms with Crippen molar-refractivity contribution in [3.8, 4) is 11.4 Å². The van der Waals surface area contributed by atoms with E-state index in [1.807, 2.05) is 32.0 Å². The minimum absolute atomic E-state index is 0.0249. The van der Waals surface area contributed by atoms with Crippen molar-refractivity contribution in [1.29, 1.82) is 0 Å². The van der Waals surface area contributed by atoms with Gasteiger partial charge < -0.3 is 10.1 Å². The maximum Gasteiger partial charge on any atom is 0.278 e. The van der Waals surface area contributed by atoms with Gasteiger partial charge in [-0.1, -0.05) is 17.7 Å². The second kappa shape index (κ2) is 8.36. The van der Waals surface area contributed by atoms with Crippen LogP contribution in [0.3, 0.4) is 0 Å². The molecule has 9 nitrogen and oxygen atoms in total. The Balaban J connectivity index is 1.62. The summed E-state index contributed by atoms with van der Waals surface area (Å²) in [5.41, 5.74) is 3.68. The molecular weight excluding hydrogens is 430 g/mol. The third-order valence-corrected chi connectivity index (χ3v) is 6.71. The number of aryl methyl sites for hydroxylation is 3. The Hall–Kier alpha value is -3.24. The minimum atomic E-state index is -3.68. The monoisotopic (exact) mass is 455 g/mol. The third kappa shape index (κ3) is 4.51. The average Bonchev–Trinajstić information content (AvgIpc) is 3.45. The summed E-state index contributed by atoms with van der Waals surface area (Å²) in [7, 11) is -2.23. The van der Waals surface area contributed by atoms with E-state index in [1.165, 1.54) is 30.1 Å². The molecule has 0 atom stereocenters. The van der Waals surface area contributed by atoms with Crippen molar-refractivity contribution in [2.24, 2.45) is 0 Å². The molecule has 1 aliphatic carbocycles. The molecule has 1 saturated carbocycles. The first-order chi connectivity index (χ1) is 15.2. The molecule has 0 radical (unpaired) electrons. The Kier molecular flexibility index (Phi) is 5.74. The lowest BCUT2D eigenvalue weighted by atomic mass is 10.1. The van der Waals surface area contributed by atoms with Gasteiger partial charge in [0.05, 0.1) is 29.1 Å². The Morgan fingerprint density at radius 2 is 1.84 bits per heavy atom. The number of carbonyl (C=O) groups is 1. The second-order valence-electron chi connectivity index (χ2n) is 7.93. The second-order valence-corrected chi connectivity index (χ2v) is 9.64. The van der Waals surface area contributed by atoms with Gasteiger partial charge in [-0.15, -0.1) is 5.10 Å². The smallest absolute Gasteiger partial charge is 0.278 e. The predicted molar refractivity (Wildman–Crippen MR) is 120 cm³/mol. The zero-order chi connectivity index (χ0) is 23.0. The van der Waals surface area contributed by atoms with E-state index in [-0.39, 0.29) is 22.3 Å². The molecule has 1 amide bonds. The summed E-state index contributed by atoms with van der Waals surface area (Å²) >= 11 is 0. The zero-order valence-electron chi connectivity index (χ0n) is 18.3. The number of ether oxygens (including phenoxy) is 1. The van der Waals surface area contributed by atoms with Gasteiger partial charge in [-0.2, -0.15) is 9.90 Å². The number of methoxy groups -OCH3 is 1. The summed E-state index contributed by atoms with van der Waals surface area (Å²) in [6, 6.07) is 10.2. The lowest BCUT2D eigenvalue weighted by molar-refractivity contribution is 0.102. The highest BCUT2D eigenvalue weighted by Crippen LogP contribution is 2.29. The van der Waals surface area contributed by atoms with Gasteiger partial charge in [0.15, 0.2) is 5.69 Å². The average molecular weight is 456 g/mol. The highest BCUT2D eigenvalue weighted by atomic mass is 32.2. The van der Waals surface area contributed by atoms with Crippen molar-refractivity contribution < 1.29 is 17.9 Å². The lowest BCUT2D eigenvalue weighted by Gasteiger charge is -2.12. The van der Waals surface area contributed by atoms with E-state index in [2.05, 4.69) is 20.2 Å². The SMILES string of the molecule is COc1ccc(S(=O)(=O)NC2CC2)cc1NC(=O)c1nn(-c2ccc(C)cc2C)nc1C. The zero-order valence-corrected chi connectivity index (χ0v) is 19.2. The Morgan fingerprint density at radius 1 is 1.09 bits per heavy atom. The van der Waals surface area contributed by atoms with Gasteiger partial charge in [-0.05, 0) is 63.4 Å². The molecule has 1 fully saturated rings. The highest BCUT2D eigenvalue weighted by molar-refractivity contribution is 7.89. The van der Waals surface area contributed by atoms with E-state index in [1.54, 1.807) is 6.92 Å². The lowest BCUT2D eigenvalue weighted by Crippen LogP contribution is -2.26. The van der Waals surface area contributed by atoms with E-state index in [0.717, 1.165) is 29.7 Å². The Bertz CT molecular complexity index is 1300. The number of hydrogen-bond acceptors (Lipinski definition) is 6. The van der Waals surface area contributed by atoms with Crippen molar-refractivity contribution in [3.05, 3.63) is 58.9 Å². The molecule has 168 valence electrons.